The van der Waals surface area contributed by atoms with Crippen LogP contribution in [0.3, 0.4) is 0 Å². The standard InChI is InChI=1S/C12H19N3/c1-9-7-12(13)14-8-10(9)11-5-3-4-6-15(11)2/h7-8,11H,3-6H2,1-2H3,(H2,13,14)/t11-/m1/s1. The molecule has 2 N–H and O–H groups in total. The van der Waals surface area contributed by atoms with E-state index in [0.29, 0.717) is 11.9 Å². The Labute approximate surface area is 91.3 Å². The van der Waals surface area contributed by atoms with Crippen LogP contribution in [0.5, 0.6) is 0 Å². The topological polar surface area (TPSA) is 42.1 Å². The van der Waals surface area contributed by atoms with E-state index in [4.69, 9.17) is 5.73 Å². The molecule has 1 atom stereocenters. The van der Waals surface area contributed by atoms with E-state index in [1.165, 1.54) is 36.9 Å². The molecule has 0 bridgehead atoms. The van der Waals surface area contributed by atoms with Crippen LogP contribution in [0.2, 0.25) is 0 Å². The maximum atomic E-state index is 5.67. The minimum absolute atomic E-state index is 0.534. The first-order valence-electron chi connectivity index (χ1n) is 5.61. The van der Waals surface area contributed by atoms with Gasteiger partial charge in [-0.2, -0.15) is 0 Å². The van der Waals surface area contributed by atoms with Gasteiger partial charge in [0.2, 0.25) is 0 Å². The molecular weight excluding hydrogens is 186 g/mol. The van der Waals surface area contributed by atoms with Gasteiger partial charge in [0.15, 0.2) is 0 Å². The number of rotatable bonds is 1. The van der Waals surface area contributed by atoms with Gasteiger partial charge in [-0.25, -0.2) is 4.98 Å². The first kappa shape index (κ1) is 10.4. The molecule has 0 spiro atoms. The van der Waals surface area contributed by atoms with Crippen LogP contribution in [0.1, 0.15) is 36.4 Å². The summed E-state index contributed by atoms with van der Waals surface area (Å²) in [7, 11) is 2.19. The average molecular weight is 205 g/mol. The second-order valence-corrected chi connectivity index (χ2v) is 4.46. The minimum atomic E-state index is 0.534. The molecule has 1 saturated heterocycles. The molecule has 3 heteroatoms. The zero-order valence-electron chi connectivity index (χ0n) is 9.53. The summed E-state index contributed by atoms with van der Waals surface area (Å²) in [6, 6.07) is 2.50. The largest absolute Gasteiger partial charge is 0.384 e. The highest BCUT2D eigenvalue weighted by Crippen LogP contribution is 2.31. The van der Waals surface area contributed by atoms with E-state index in [2.05, 4.69) is 23.9 Å². The van der Waals surface area contributed by atoms with Crippen molar-refractivity contribution in [2.24, 2.45) is 0 Å². The van der Waals surface area contributed by atoms with Crippen molar-refractivity contribution in [3.05, 3.63) is 23.4 Å². The number of aromatic nitrogens is 1. The molecule has 0 unspecified atom stereocenters. The quantitative estimate of drug-likeness (QED) is 0.763. The molecule has 0 saturated carbocycles. The van der Waals surface area contributed by atoms with E-state index in [1.54, 1.807) is 0 Å². The Balaban J connectivity index is 2.27. The number of hydrogen-bond donors (Lipinski definition) is 1. The smallest absolute Gasteiger partial charge is 0.123 e. The van der Waals surface area contributed by atoms with Gasteiger partial charge < -0.3 is 5.73 Å². The fourth-order valence-electron chi connectivity index (χ4n) is 2.41. The first-order valence-corrected chi connectivity index (χ1v) is 5.61. The van der Waals surface area contributed by atoms with Crippen LogP contribution >= 0.6 is 0 Å². The molecule has 0 aromatic carbocycles. The lowest BCUT2D eigenvalue weighted by Crippen LogP contribution is -2.30. The van der Waals surface area contributed by atoms with Gasteiger partial charge in [-0.3, -0.25) is 4.90 Å². The van der Waals surface area contributed by atoms with Crippen molar-refractivity contribution in [2.45, 2.75) is 32.2 Å². The van der Waals surface area contributed by atoms with Crippen molar-refractivity contribution in [1.29, 1.82) is 0 Å². The number of nitrogens with zero attached hydrogens (tertiary/aromatic N) is 2. The summed E-state index contributed by atoms with van der Waals surface area (Å²) in [5, 5.41) is 0. The molecule has 1 aromatic heterocycles. The minimum Gasteiger partial charge on any atom is -0.384 e. The predicted molar refractivity (Wildman–Crippen MR) is 62.6 cm³/mol. The van der Waals surface area contributed by atoms with Gasteiger partial charge in [-0.15, -0.1) is 0 Å². The second-order valence-electron chi connectivity index (χ2n) is 4.46. The van der Waals surface area contributed by atoms with Gasteiger partial charge in [0.25, 0.3) is 0 Å². The van der Waals surface area contributed by atoms with Crippen molar-refractivity contribution in [3.63, 3.8) is 0 Å². The van der Waals surface area contributed by atoms with E-state index in [1.807, 2.05) is 12.3 Å². The van der Waals surface area contributed by atoms with E-state index in [9.17, 15) is 0 Å². The van der Waals surface area contributed by atoms with Crippen LogP contribution in [-0.2, 0) is 0 Å². The van der Waals surface area contributed by atoms with Crippen molar-refractivity contribution in [2.75, 3.05) is 19.3 Å². The number of pyridine rings is 1. The molecule has 0 amide bonds. The van der Waals surface area contributed by atoms with E-state index in [-0.39, 0.29) is 0 Å². The molecule has 1 aromatic rings. The molecule has 3 nitrogen and oxygen atoms in total. The number of piperidine rings is 1. The second kappa shape index (κ2) is 4.19. The van der Waals surface area contributed by atoms with Gasteiger partial charge in [-0.05, 0) is 50.6 Å². The fourth-order valence-corrected chi connectivity index (χ4v) is 2.41. The van der Waals surface area contributed by atoms with E-state index >= 15 is 0 Å². The lowest BCUT2D eigenvalue weighted by Gasteiger charge is -2.33. The third-order valence-corrected chi connectivity index (χ3v) is 3.30. The zero-order chi connectivity index (χ0) is 10.8. The number of nitrogen functional groups attached to an aromatic ring is 1. The molecule has 0 radical (unpaired) electrons. The van der Waals surface area contributed by atoms with Crippen LogP contribution in [0.25, 0.3) is 0 Å². The highest BCUT2D eigenvalue weighted by molar-refractivity contribution is 5.37. The van der Waals surface area contributed by atoms with Crippen LogP contribution in [0.15, 0.2) is 12.3 Å². The number of nitrogens with two attached hydrogens (primary N) is 1. The third-order valence-electron chi connectivity index (χ3n) is 3.30. The summed E-state index contributed by atoms with van der Waals surface area (Å²) in [6.45, 7) is 3.31. The van der Waals surface area contributed by atoms with E-state index < -0.39 is 0 Å². The highest BCUT2D eigenvalue weighted by atomic mass is 15.1. The molecule has 2 heterocycles. The molecule has 2 rings (SSSR count). The van der Waals surface area contributed by atoms with E-state index in [0.717, 1.165) is 0 Å². The Morgan fingerprint density at radius 1 is 1.47 bits per heavy atom. The lowest BCUT2D eigenvalue weighted by molar-refractivity contribution is 0.186. The van der Waals surface area contributed by atoms with Gasteiger partial charge in [-0.1, -0.05) is 6.42 Å². The molecule has 1 aliphatic heterocycles. The van der Waals surface area contributed by atoms with Gasteiger partial charge in [0.05, 0.1) is 0 Å². The summed E-state index contributed by atoms with van der Waals surface area (Å²) in [5.74, 6) is 0.620. The van der Waals surface area contributed by atoms with Crippen LogP contribution in [-0.4, -0.2) is 23.5 Å². The maximum absolute atomic E-state index is 5.67. The molecule has 0 aliphatic carbocycles. The third kappa shape index (κ3) is 2.12. The summed E-state index contributed by atoms with van der Waals surface area (Å²) >= 11 is 0. The molecule has 82 valence electrons. The Kier molecular flexibility index (Phi) is 2.91. The number of hydrogen-bond acceptors (Lipinski definition) is 3. The molecular formula is C12H19N3. The summed E-state index contributed by atoms with van der Waals surface area (Å²) in [6.07, 6.45) is 5.81. The summed E-state index contributed by atoms with van der Waals surface area (Å²) < 4.78 is 0. The predicted octanol–water partition coefficient (Wildman–Crippen LogP) is 2.13. The average Bonchev–Trinajstić information content (AvgIpc) is 2.20. The number of anilines is 1. The van der Waals surface area contributed by atoms with Crippen LogP contribution < -0.4 is 5.73 Å². The Morgan fingerprint density at radius 3 is 2.93 bits per heavy atom. The van der Waals surface area contributed by atoms with Gasteiger partial charge in [0.1, 0.15) is 5.82 Å². The van der Waals surface area contributed by atoms with Crippen LogP contribution in [0, 0.1) is 6.92 Å². The number of likely N-dealkylation sites (tertiary alicyclic amines) is 1. The molecule has 1 aliphatic rings. The normalized spacial score (nSPS) is 22.9. The zero-order valence-corrected chi connectivity index (χ0v) is 9.53. The lowest BCUT2D eigenvalue weighted by atomic mass is 9.94. The fraction of sp³-hybridized carbons (Fsp3) is 0.583. The maximum Gasteiger partial charge on any atom is 0.123 e. The van der Waals surface area contributed by atoms with Crippen molar-refractivity contribution in [1.82, 2.24) is 9.88 Å². The Hall–Kier alpha value is -1.09. The van der Waals surface area contributed by atoms with Crippen molar-refractivity contribution >= 4 is 5.82 Å². The number of aryl methyl sites for hydroxylation is 1. The SMILES string of the molecule is Cc1cc(N)ncc1[C@H]1CCCCN1C. The first-order chi connectivity index (χ1) is 7.18. The molecule has 1 fully saturated rings. The Morgan fingerprint density at radius 2 is 2.27 bits per heavy atom. The van der Waals surface area contributed by atoms with Crippen LogP contribution in [0.4, 0.5) is 5.82 Å². The monoisotopic (exact) mass is 205 g/mol. The summed E-state index contributed by atoms with van der Waals surface area (Å²) in [5.41, 5.74) is 8.27. The highest BCUT2D eigenvalue weighted by Gasteiger charge is 2.22. The Bertz CT molecular complexity index is 349. The van der Waals surface area contributed by atoms with Gasteiger partial charge >= 0.3 is 0 Å². The summed E-state index contributed by atoms with van der Waals surface area (Å²) in [4.78, 5) is 6.62. The van der Waals surface area contributed by atoms with Crippen molar-refractivity contribution in [3.8, 4) is 0 Å². The van der Waals surface area contributed by atoms with Crippen molar-refractivity contribution < 1.29 is 0 Å². The van der Waals surface area contributed by atoms with Gasteiger partial charge in [0, 0.05) is 12.2 Å². The molecule has 15 heavy (non-hydrogen) atoms.